The summed E-state index contributed by atoms with van der Waals surface area (Å²) in [6, 6.07) is 25.0. The van der Waals surface area contributed by atoms with Crippen LogP contribution >= 0.6 is 0 Å². The second-order valence-electron chi connectivity index (χ2n) is 9.46. The molecule has 0 saturated carbocycles. The first kappa shape index (κ1) is 26.9. The average Bonchev–Trinajstić information content (AvgIpc) is 3.44. The summed E-state index contributed by atoms with van der Waals surface area (Å²) >= 11 is 0. The lowest BCUT2D eigenvalue weighted by molar-refractivity contribution is -0.138. The molecule has 2 heterocycles. The normalized spacial score (nSPS) is 14.1. The first-order valence-corrected chi connectivity index (χ1v) is 13.3. The third-order valence-electron chi connectivity index (χ3n) is 6.77. The Morgan fingerprint density at radius 3 is 2.30 bits per heavy atom. The van der Waals surface area contributed by atoms with E-state index in [0.717, 1.165) is 11.3 Å². The van der Waals surface area contributed by atoms with Gasteiger partial charge >= 0.3 is 5.97 Å². The second kappa shape index (κ2) is 12.0. The van der Waals surface area contributed by atoms with Crippen LogP contribution in [-0.4, -0.2) is 65.4 Å². The molecule has 8 nitrogen and oxygen atoms in total. The highest BCUT2D eigenvalue weighted by molar-refractivity contribution is 5.89. The predicted molar refractivity (Wildman–Crippen MR) is 150 cm³/mol. The van der Waals surface area contributed by atoms with Gasteiger partial charge in [0, 0.05) is 37.4 Å². The van der Waals surface area contributed by atoms with E-state index in [4.69, 9.17) is 9.47 Å². The van der Waals surface area contributed by atoms with E-state index in [9.17, 15) is 14.0 Å². The first-order valence-electron chi connectivity index (χ1n) is 13.3. The minimum absolute atomic E-state index is 0.0261. The van der Waals surface area contributed by atoms with Gasteiger partial charge in [-0.1, -0.05) is 36.4 Å². The molecule has 0 N–H and O–H groups in total. The summed E-state index contributed by atoms with van der Waals surface area (Å²) in [5, 5.41) is 4.41. The van der Waals surface area contributed by atoms with Crippen LogP contribution in [0.1, 0.15) is 24.3 Å². The predicted octanol–water partition coefficient (Wildman–Crippen LogP) is 4.97. The number of halogens is 1. The van der Waals surface area contributed by atoms with Crippen LogP contribution in [0, 0.1) is 5.82 Å². The number of esters is 1. The molecule has 0 radical (unpaired) electrons. The number of aromatic nitrogens is 2. The molecule has 1 saturated heterocycles. The minimum Gasteiger partial charge on any atom is -0.481 e. The molecule has 1 aliphatic rings. The zero-order valence-corrected chi connectivity index (χ0v) is 22.5. The van der Waals surface area contributed by atoms with Gasteiger partial charge in [-0.2, -0.15) is 5.10 Å². The van der Waals surface area contributed by atoms with Crippen molar-refractivity contribution in [2.75, 3.05) is 37.7 Å². The summed E-state index contributed by atoms with van der Waals surface area (Å²) in [4.78, 5) is 29.4. The van der Waals surface area contributed by atoms with Gasteiger partial charge in [-0.25, -0.2) is 13.9 Å². The Hall–Kier alpha value is -4.66. The molecule has 1 fully saturated rings. The summed E-state index contributed by atoms with van der Waals surface area (Å²) in [7, 11) is 0. The van der Waals surface area contributed by atoms with Crippen molar-refractivity contribution in [1.82, 2.24) is 14.7 Å². The number of carbonyl (C=O) groups excluding carboxylic acids is 2. The molecule has 206 valence electrons. The fraction of sp³-hybridized carbons (Fsp3) is 0.258. The van der Waals surface area contributed by atoms with Crippen molar-refractivity contribution in [2.24, 2.45) is 0 Å². The largest absolute Gasteiger partial charge is 0.481 e. The van der Waals surface area contributed by atoms with Crippen molar-refractivity contribution >= 4 is 17.6 Å². The average molecular weight is 543 g/mol. The van der Waals surface area contributed by atoms with Gasteiger partial charge in [0.2, 0.25) is 0 Å². The number of nitrogens with zero attached hydrogens (tertiary/aromatic N) is 4. The van der Waals surface area contributed by atoms with Crippen molar-refractivity contribution in [3.05, 3.63) is 96.4 Å². The molecule has 0 aliphatic carbocycles. The van der Waals surface area contributed by atoms with Gasteiger partial charge < -0.3 is 19.3 Å². The lowest BCUT2D eigenvalue weighted by atomic mass is 10.1. The highest BCUT2D eigenvalue weighted by Crippen LogP contribution is 2.28. The highest BCUT2D eigenvalue weighted by atomic mass is 19.1. The maximum absolute atomic E-state index is 14.0. The molecule has 1 amide bonds. The molecule has 0 bridgehead atoms. The molecule has 0 spiro atoms. The van der Waals surface area contributed by atoms with Crippen LogP contribution in [-0.2, 0) is 9.53 Å². The number of hydrogen-bond acceptors (Lipinski definition) is 6. The number of hydrogen-bond donors (Lipinski definition) is 0. The summed E-state index contributed by atoms with van der Waals surface area (Å²) in [6.45, 7) is 6.32. The molecule has 5 rings (SSSR count). The number of ether oxygens (including phenoxy) is 2. The molecule has 9 heteroatoms. The number of piperazine rings is 1. The van der Waals surface area contributed by atoms with E-state index in [2.05, 4.69) is 10.00 Å². The van der Waals surface area contributed by atoms with Gasteiger partial charge in [0.15, 0.2) is 11.8 Å². The Kier molecular flexibility index (Phi) is 8.10. The van der Waals surface area contributed by atoms with Crippen molar-refractivity contribution in [1.29, 1.82) is 0 Å². The Morgan fingerprint density at radius 2 is 1.62 bits per heavy atom. The monoisotopic (exact) mass is 542 g/mol. The molecule has 4 aromatic rings. The van der Waals surface area contributed by atoms with E-state index >= 15 is 0 Å². The van der Waals surface area contributed by atoms with E-state index < -0.39 is 17.9 Å². The Labute approximate surface area is 232 Å². The zero-order chi connectivity index (χ0) is 28.1. The number of rotatable bonds is 8. The van der Waals surface area contributed by atoms with Crippen LogP contribution in [0.25, 0.3) is 16.9 Å². The van der Waals surface area contributed by atoms with E-state index in [-0.39, 0.29) is 18.2 Å². The van der Waals surface area contributed by atoms with Gasteiger partial charge in [0.1, 0.15) is 11.6 Å². The van der Waals surface area contributed by atoms with E-state index in [0.29, 0.717) is 43.3 Å². The molecule has 40 heavy (non-hydrogen) atoms. The minimum atomic E-state index is -0.560. The summed E-state index contributed by atoms with van der Waals surface area (Å²) < 4.78 is 26.5. The van der Waals surface area contributed by atoms with Crippen molar-refractivity contribution in [3.8, 4) is 22.7 Å². The van der Waals surface area contributed by atoms with Gasteiger partial charge in [-0.15, -0.1) is 0 Å². The van der Waals surface area contributed by atoms with Crippen molar-refractivity contribution in [3.63, 3.8) is 0 Å². The number of para-hydroxylation sites is 1. The number of anilines is 1. The van der Waals surface area contributed by atoms with Gasteiger partial charge in [0.25, 0.3) is 5.91 Å². The van der Waals surface area contributed by atoms with Crippen LogP contribution in [0.4, 0.5) is 10.1 Å². The number of amides is 1. The smallest absolute Gasteiger partial charge is 0.358 e. The fourth-order valence-corrected chi connectivity index (χ4v) is 4.73. The van der Waals surface area contributed by atoms with E-state index in [1.165, 1.54) is 12.1 Å². The second-order valence-corrected chi connectivity index (χ2v) is 9.46. The maximum atomic E-state index is 14.0. The Balaban J connectivity index is 1.28. The zero-order valence-electron chi connectivity index (χ0n) is 22.5. The molecule has 1 aliphatic heterocycles. The van der Waals surface area contributed by atoms with Gasteiger partial charge in [0.05, 0.1) is 18.0 Å². The quantitative estimate of drug-likeness (QED) is 0.293. The summed E-state index contributed by atoms with van der Waals surface area (Å²) in [5.41, 5.74) is 3.13. The van der Waals surface area contributed by atoms with Crippen molar-refractivity contribution in [2.45, 2.75) is 20.0 Å². The van der Waals surface area contributed by atoms with Crippen LogP contribution in [0.3, 0.4) is 0 Å². The SMILES string of the molecule is CCOC(=O)c1cc(-c2ccc(N3CCN(C(=O)C(C)Oc4ccccc4)CC3)cc2)n(-c2cccc(F)c2)n1. The first-order chi connectivity index (χ1) is 19.4. The third kappa shape index (κ3) is 5.98. The Bertz CT molecular complexity index is 1460. The number of benzene rings is 3. The Morgan fingerprint density at radius 1 is 0.900 bits per heavy atom. The fourth-order valence-electron chi connectivity index (χ4n) is 4.73. The highest BCUT2D eigenvalue weighted by Gasteiger charge is 2.26. The molecule has 3 aromatic carbocycles. The van der Waals surface area contributed by atoms with Gasteiger partial charge in [-0.05, 0) is 62.4 Å². The third-order valence-corrected chi connectivity index (χ3v) is 6.77. The summed E-state index contributed by atoms with van der Waals surface area (Å²) in [6.07, 6.45) is -0.560. The number of carbonyl (C=O) groups is 2. The van der Waals surface area contributed by atoms with E-state index in [1.54, 1.807) is 36.7 Å². The maximum Gasteiger partial charge on any atom is 0.358 e. The lowest BCUT2D eigenvalue weighted by Crippen LogP contribution is -2.52. The standard InChI is InChI=1S/C31H31FN4O4/c1-3-39-31(38)28-21-29(36(33-28)26-9-7-8-24(32)20-26)23-12-14-25(15-13-23)34-16-18-35(19-17-34)30(37)22(2)40-27-10-5-4-6-11-27/h4-15,20-22H,3,16-19H2,1-2H3. The van der Waals surface area contributed by atoms with Crippen molar-refractivity contribution < 1.29 is 23.5 Å². The summed E-state index contributed by atoms with van der Waals surface area (Å²) in [5.74, 6) is -0.283. The molecule has 1 unspecified atom stereocenters. The van der Waals surface area contributed by atoms with Gasteiger partial charge in [-0.3, -0.25) is 4.79 Å². The van der Waals surface area contributed by atoms with Crippen LogP contribution < -0.4 is 9.64 Å². The molecule has 1 atom stereocenters. The topological polar surface area (TPSA) is 76.9 Å². The van der Waals surface area contributed by atoms with Crippen LogP contribution in [0.15, 0.2) is 84.9 Å². The van der Waals surface area contributed by atoms with Crippen LogP contribution in [0.5, 0.6) is 5.75 Å². The molecule has 1 aromatic heterocycles. The van der Waals surface area contributed by atoms with E-state index in [1.807, 2.05) is 59.5 Å². The lowest BCUT2D eigenvalue weighted by Gasteiger charge is -2.37. The molecular formula is C31H31FN4O4. The van der Waals surface area contributed by atoms with Crippen LogP contribution in [0.2, 0.25) is 0 Å². The molecular weight excluding hydrogens is 511 g/mol.